The first-order valence-corrected chi connectivity index (χ1v) is 6.92. The van der Waals surface area contributed by atoms with Gasteiger partial charge in [0.25, 0.3) is 0 Å². The van der Waals surface area contributed by atoms with Crippen LogP contribution in [0.4, 0.5) is 0 Å². The van der Waals surface area contributed by atoms with Gasteiger partial charge in [0, 0.05) is 4.47 Å². The Balaban J connectivity index is 2.09. The molecule has 2 rings (SSSR count). The van der Waals surface area contributed by atoms with E-state index in [1.807, 2.05) is 0 Å². The average molecular weight is 282 g/mol. The molecule has 1 aliphatic rings. The molecular weight excluding hydrogens is 262 g/mol. The third kappa shape index (κ3) is 2.86. The lowest BCUT2D eigenvalue weighted by Gasteiger charge is -2.23. The number of halogens is 1. The van der Waals surface area contributed by atoms with E-state index in [0.29, 0.717) is 0 Å². The van der Waals surface area contributed by atoms with Gasteiger partial charge < -0.3 is 5.32 Å². The van der Waals surface area contributed by atoms with Gasteiger partial charge in [-0.2, -0.15) is 0 Å². The lowest BCUT2D eigenvalue weighted by molar-refractivity contribution is 0.372. The van der Waals surface area contributed by atoms with Crippen LogP contribution in [0.3, 0.4) is 0 Å². The fourth-order valence-electron chi connectivity index (χ4n) is 2.42. The number of benzene rings is 1. The molecule has 0 aromatic heterocycles. The average Bonchev–Trinajstić information content (AvgIpc) is 2.27. The largest absolute Gasteiger partial charge is 0.317 e. The van der Waals surface area contributed by atoms with Crippen LogP contribution >= 0.6 is 15.9 Å². The monoisotopic (exact) mass is 281 g/mol. The summed E-state index contributed by atoms with van der Waals surface area (Å²) in [7, 11) is 0. The number of piperidine rings is 1. The minimum Gasteiger partial charge on any atom is -0.317 e. The van der Waals surface area contributed by atoms with Crippen LogP contribution in [-0.2, 0) is 6.42 Å². The molecule has 1 nitrogen and oxygen atoms in total. The van der Waals surface area contributed by atoms with E-state index in [0.717, 1.165) is 5.92 Å². The van der Waals surface area contributed by atoms with E-state index < -0.39 is 0 Å². The number of aryl methyl sites for hydroxylation is 1. The zero-order valence-electron chi connectivity index (χ0n) is 10.1. The number of nitrogens with one attached hydrogen (secondary N) is 1. The molecule has 1 aliphatic heterocycles. The van der Waals surface area contributed by atoms with Gasteiger partial charge in [0.15, 0.2) is 0 Å². The topological polar surface area (TPSA) is 12.0 Å². The molecular formula is C14H20BrN. The molecule has 0 atom stereocenters. The zero-order valence-corrected chi connectivity index (χ0v) is 11.7. The molecule has 0 radical (unpaired) electrons. The molecule has 1 aromatic rings. The van der Waals surface area contributed by atoms with Crippen LogP contribution in [0, 0.1) is 19.8 Å². The lowest BCUT2D eigenvalue weighted by Crippen LogP contribution is -2.28. The standard InChI is InChI=1S/C14H20BrN/c1-10-7-13(9-14(15)11(10)2)8-12-3-5-16-6-4-12/h7,9,12,16H,3-6,8H2,1-2H3. The highest BCUT2D eigenvalue weighted by molar-refractivity contribution is 9.10. The number of rotatable bonds is 2. The van der Waals surface area contributed by atoms with Crippen LogP contribution in [0.5, 0.6) is 0 Å². The molecule has 1 aromatic carbocycles. The van der Waals surface area contributed by atoms with Gasteiger partial charge in [-0.25, -0.2) is 0 Å². The molecule has 1 saturated heterocycles. The van der Waals surface area contributed by atoms with Crippen LogP contribution in [-0.4, -0.2) is 13.1 Å². The van der Waals surface area contributed by atoms with Crippen LogP contribution in [0.15, 0.2) is 16.6 Å². The first-order chi connectivity index (χ1) is 7.66. The zero-order chi connectivity index (χ0) is 11.5. The van der Waals surface area contributed by atoms with Crippen molar-refractivity contribution in [1.29, 1.82) is 0 Å². The molecule has 2 heteroatoms. The Morgan fingerprint density at radius 2 is 1.94 bits per heavy atom. The summed E-state index contributed by atoms with van der Waals surface area (Å²) >= 11 is 3.65. The van der Waals surface area contributed by atoms with Crippen molar-refractivity contribution < 1.29 is 0 Å². The second-order valence-electron chi connectivity index (χ2n) is 4.92. The van der Waals surface area contributed by atoms with Gasteiger partial charge >= 0.3 is 0 Å². The maximum absolute atomic E-state index is 3.65. The summed E-state index contributed by atoms with van der Waals surface area (Å²) < 4.78 is 1.26. The van der Waals surface area contributed by atoms with Crippen LogP contribution in [0.1, 0.15) is 29.5 Å². The molecule has 0 saturated carbocycles. The minimum atomic E-state index is 0.871. The van der Waals surface area contributed by atoms with E-state index in [2.05, 4.69) is 47.2 Å². The highest BCUT2D eigenvalue weighted by atomic mass is 79.9. The quantitative estimate of drug-likeness (QED) is 0.873. The second-order valence-corrected chi connectivity index (χ2v) is 5.77. The molecule has 0 bridgehead atoms. The summed E-state index contributed by atoms with van der Waals surface area (Å²) in [6, 6.07) is 4.65. The fourth-order valence-corrected chi connectivity index (χ4v) is 3.03. The van der Waals surface area contributed by atoms with Crippen molar-refractivity contribution in [2.75, 3.05) is 13.1 Å². The molecule has 88 valence electrons. The van der Waals surface area contributed by atoms with E-state index in [4.69, 9.17) is 0 Å². The summed E-state index contributed by atoms with van der Waals surface area (Å²) in [4.78, 5) is 0. The van der Waals surface area contributed by atoms with E-state index in [1.54, 1.807) is 0 Å². The van der Waals surface area contributed by atoms with E-state index in [1.165, 1.54) is 53.5 Å². The van der Waals surface area contributed by atoms with Gasteiger partial charge in [0.2, 0.25) is 0 Å². The van der Waals surface area contributed by atoms with Crippen molar-refractivity contribution in [3.63, 3.8) is 0 Å². The van der Waals surface area contributed by atoms with Crippen molar-refractivity contribution in [2.45, 2.75) is 33.1 Å². The maximum atomic E-state index is 3.65. The molecule has 1 fully saturated rings. The summed E-state index contributed by atoms with van der Waals surface area (Å²) in [5.74, 6) is 0.871. The van der Waals surface area contributed by atoms with Gasteiger partial charge in [-0.1, -0.05) is 22.0 Å². The van der Waals surface area contributed by atoms with Gasteiger partial charge in [-0.15, -0.1) is 0 Å². The summed E-state index contributed by atoms with van der Waals surface area (Å²) in [5, 5.41) is 3.42. The summed E-state index contributed by atoms with van der Waals surface area (Å²) in [6.07, 6.45) is 3.89. The van der Waals surface area contributed by atoms with E-state index >= 15 is 0 Å². The SMILES string of the molecule is Cc1cc(CC2CCNCC2)cc(Br)c1C. The highest BCUT2D eigenvalue weighted by Gasteiger charge is 2.14. The smallest absolute Gasteiger partial charge is 0.0209 e. The minimum absolute atomic E-state index is 0.871. The molecule has 0 aliphatic carbocycles. The van der Waals surface area contributed by atoms with Crippen molar-refractivity contribution >= 4 is 15.9 Å². The van der Waals surface area contributed by atoms with E-state index in [9.17, 15) is 0 Å². The summed E-state index contributed by atoms with van der Waals surface area (Å²) in [6.45, 7) is 6.76. The molecule has 0 spiro atoms. The van der Waals surface area contributed by atoms with Crippen LogP contribution < -0.4 is 5.32 Å². The number of hydrogen-bond donors (Lipinski definition) is 1. The Morgan fingerprint density at radius 1 is 1.25 bits per heavy atom. The van der Waals surface area contributed by atoms with Gasteiger partial charge in [-0.3, -0.25) is 0 Å². The van der Waals surface area contributed by atoms with Gasteiger partial charge in [0.05, 0.1) is 0 Å². The van der Waals surface area contributed by atoms with Gasteiger partial charge in [-0.05, 0) is 74.9 Å². The molecule has 16 heavy (non-hydrogen) atoms. The first kappa shape index (κ1) is 12.1. The van der Waals surface area contributed by atoms with Crippen LogP contribution in [0.2, 0.25) is 0 Å². The first-order valence-electron chi connectivity index (χ1n) is 6.13. The van der Waals surface area contributed by atoms with Crippen molar-refractivity contribution in [2.24, 2.45) is 5.92 Å². The van der Waals surface area contributed by atoms with Crippen molar-refractivity contribution in [3.8, 4) is 0 Å². The van der Waals surface area contributed by atoms with E-state index in [-0.39, 0.29) is 0 Å². The predicted octanol–water partition coefficient (Wildman–Crippen LogP) is 3.61. The predicted molar refractivity (Wildman–Crippen MR) is 72.9 cm³/mol. The Bertz CT molecular complexity index is 344. The third-order valence-electron chi connectivity index (χ3n) is 3.65. The molecule has 1 heterocycles. The Kier molecular flexibility index (Phi) is 4.04. The molecule has 1 N–H and O–H groups in total. The molecule has 0 amide bonds. The Hall–Kier alpha value is -0.340. The number of hydrogen-bond acceptors (Lipinski definition) is 1. The third-order valence-corrected chi connectivity index (χ3v) is 4.47. The Labute approximate surface area is 107 Å². The van der Waals surface area contributed by atoms with Crippen molar-refractivity contribution in [3.05, 3.63) is 33.3 Å². The molecule has 0 unspecified atom stereocenters. The lowest BCUT2D eigenvalue weighted by atomic mass is 9.90. The maximum Gasteiger partial charge on any atom is 0.0209 e. The highest BCUT2D eigenvalue weighted by Crippen LogP contribution is 2.25. The normalized spacial score (nSPS) is 17.7. The second kappa shape index (κ2) is 5.33. The summed E-state index contributed by atoms with van der Waals surface area (Å²) in [5.41, 5.74) is 4.26. The van der Waals surface area contributed by atoms with Crippen molar-refractivity contribution in [1.82, 2.24) is 5.32 Å². The fraction of sp³-hybridized carbons (Fsp3) is 0.571. The Morgan fingerprint density at radius 3 is 2.56 bits per heavy atom. The van der Waals surface area contributed by atoms with Crippen LogP contribution in [0.25, 0.3) is 0 Å². The van der Waals surface area contributed by atoms with Gasteiger partial charge in [0.1, 0.15) is 0 Å².